The summed E-state index contributed by atoms with van der Waals surface area (Å²) in [6, 6.07) is 48.1. The molecule has 1 aliphatic carbocycles. The monoisotopic (exact) mass is 727 g/mol. The molecule has 2 unspecified atom stereocenters. The van der Waals surface area contributed by atoms with Gasteiger partial charge in [-0.15, -0.1) is 0 Å². The van der Waals surface area contributed by atoms with Crippen LogP contribution in [0.15, 0.2) is 137 Å². The van der Waals surface area contributed by atoms with Gasteiger partial charge in [0.15, 0.2) is 0 Å². The summed E-state index contributed by atoms with van der Waals surface area (Å²) in [7, 11) is 0. The number of nitriles is 1. The van der Waals surface area contributed by atoms with Crippen LogP contribution >= 0.6 is 11.6 Å². The SMILES string of the molecule is Clc1cccc(C2=NC3CCCCC3N2)c1CCc1cccc2ccccc12.N#CCN1CCN=C1c1ccccc1CCc1cccc2ccccc12. The average Bonchev–Trinajstić information content (AvgIpc) is 3.87. The van der Waals surface area contributed by atoms with Crippen molar-refractivity contribution in [3.05, 3.63) is 166 Å². The van der Waals surface area contributed by atoms with Gasteiger partial charge in [0.25, 0.3) is 0 Å². The van der Waals surface area contributed by atoms with Crippen molar-refractivity contribution < 1.29 is 0 Å². The molecule has 6 aromatic rings. The van der Waals surface area contributed by atoms with Gasteiger partial charge < -0.3 is 10.2 Å². The molecule has 3 aliphatic rings. The van der Waals surface area contributed by atoms with Gasteiger partial charge in [-0.1, -0.05) is 146 Å². The van der Waals surface area contributed by atoms with Crippen LogP contribution in [0.4, 0.5) is 0 Å². The molecule has 54 heavy (non-hydrogen) atoms. The van der Waals surface area contributed by atoms with Crippen molar-refractivity contribution >= 4 is 44.8 Å². The van der Waals surface area contributed by atoms with Crippen molar-refractivity contribution in [1.82, 2.24) is 10.2 Å². The number of nitrogens with zero attached hydrogens (tertiary/aromatic N) is 4. The molecule has 0 aromatic heterocycles. The Kier molecular flexibility index (Phi) is 11.0. The minimum Gasteiger partial charge on any atom is -0.365 e. The van der Waals surface area contributed by atoms with Crippen LogP contribution in [0.3, 0.4) is 0 Å². The topological polar surface area (TPSA) is 63.8 Å². The zero-order valence-corrected chi connectivity index (χ0v) is 31.5. The highest BCUT2D eigenvalue weighted by molar-refractivity contribution is 6.32. The molecule has 1 fully saturated rings. The third kappa shape index (κ3) is 7.77. The summed E-state index contributed by atoms with van der Waals surface area (Å²) in [5, 5.41) is 18.9. The molecule has 1 N–H and O–H groups in total. The highest BCUT2D eigenvalue weighted by Crippen LogP contribution is 2.30. The first-order valence-electron chi connectivity index (χ1n) is 19.5. The van der Waals surface area contributed by atoms with Gasteiger partial charge in [-0.3, -0.25) is 9.98 Å². The molecule has 0 spiro atoms. The number of halogens is 1. The van der Waals surface area contributed by atoms with Crippen molar-refractivity contribution in [2.24, 2.45) is 9.98 Å². The molecule has 0 bridgehead atoms. The van der Waals surface area contributed by atoms with E-state index in [-0.39, 0.29) is 0 Å². The van der Waals surface area contributed by atoms with E-state index in [0.29, 0.717) is 18.6 Å². The van der Waals surface area contributed by atoms with Crippen molar-refractivity contribution in [2.75, 3.05) is 19.6 Å². The first-order valence-corrected chi connectivity index (χ1v) is 19.8. The van der Waals surface area contributed by atoms with Crippen molar-refractivity contribution in [3.8, 4) is 6.07 Å². The Bertz CT molecular complexity index is 2360. The number of nitrogens with one attached hydrogen (secondary N) is 1. The molecular weight excluding hydrogens is 682 g/mol. The fourth-order valence-electron chi connectivity index (χ4n) is 8.48. The Morgan fingerprint density at radius 1 is 0.667 bits per heavy atom. The number of aryl methyl sites for hydroxylation is 3. The van der Waals surface area contributed by atoms with Crippen LogP contribution in [0.5, 0.6) is 0 Å². The molecule has 1 saturated carbocycles. The van der Waals surface area contributed by atoms with Crippen LogP contribution in [-0.2, 0) is 25.7 Å². The lowest BCUT2D eigenvalue weighted by atomic mass is 9.92. The number of hydrogen-bond donors (Lipinski definition) is 1. The van der Waals surface area contributed by atoms with Crippen LogP contribution in [0, 0.1) is 11.3 Å². The van der Waals surface area contributed by atoms with E-state index < -0.39 is 0 Å². The van der Waals surface area contributed by atoms with E-state index in [9.17, 15) is 0 Å². The largest absolute Gasteiger partial charge is 0.365 e. The first-order chi connectivity index (χ1) is 26.7. The first kappa shape index (κ1) is 35.6. The molecule has 2 heterocycles. The maximum atomic E-state index is 9.07. The third-order valence-electron chi connectivity index (χ3n) is 11.2. The number of aliphatic imine (C=N–C) groups is 2. The van der Waals surface area contributed by atoms with Crippen LogP contribution < -0.4 is 5.32 Å². The summed E-state index contributed by atoms with van der Waals surface area (Å²) in [5.74, 6) is 2.02. The van der Waals surface area contributed by atoms with E-state index in [1.54, 1.807) is 0 Å². The number of amidine groups is 2. The van der Waals surface area contributed by atoms with E-state index in [0.717, 1.165) is 55.5 Å². The molecule has 0 saturated heterocycles. The van der Waals surface area contributed by atoms with Crippen molar-refractivity contribution in [2.45, 2.75) is 63.5 Å². The lowest BCUT2D eigenvalue weighted by Gasteiger charge is -2.23. The molecule has 2 atom stereocenters. The van der Waals surface area contributed by atoms with Gasteiger partial charge in [0.2, 0.25) is 0 Å². The van der Waals surface area contributed by atoms with Crippen LogP contribution in [0.1, 0.15) is 59.1 Å². The van der Waals surface area contributed by atoms with Gasteiger partial charge in [0.05, 0.1) is 18.7 Å². The summed E-state index contributed by atoms with van der Waals surface area (Å²) >= 11 is 6.66. The summed E-state index contributed by atoms with van der Waals surface area (Å²) < 4.78 is 0. The fourth-order valence-corrected chi connectivity index (χ4v) is 8.75. The van der Waals surface area contributed by atoms with E-state index >= 15 is 0 Å². The number of hydrogen-bond acceptors (Lipinski definition) is 5. The Labute approximate surface area is 324 Å². The summed E-state index contributed by atoms with van der Waals surface area (Å²) in [6.07, 6.45) is 8.87. The van der Waals surface area contributed by atoms with E-state index in [2.05, 4.69) is 137 Å². The highest BCUT2D eigenvalue weighted by Gasteiger charge is 2.32. The molecule has 9 rings (SSSR count). The molecule has 6 aromatic carbocycles. The lowest BCUT2D eigenvalue weighted by molar-refractivity contribution is 0.385. The van der Waals surface area contributed by atoms with Gasteiger partial charge in [-0.2, -0.15) is 5.26 Å². The standard InChI is InChI=1S/C25H25ClN2.C23H21N3/c26-22-12-6-11-21(25-27-23-13-3-4-14-24(23)28-25)20(22)16-15-18-9-5-8-17-7-1-2-10-19(17)18;24-14-16-26-17-15-25-23(26)22-11-4-2-7-20(22)13-12-19-9-5-8-18-6-1-3-10-21(18)19/h1-2,5-12,23-24H,3-4,13-16H2,(H,27,28);1-11H,12-13,15-17H2. The van der Waals surface area contributed by atoms with Crippen LogP contribution in [0.2, 0.25) is 5.02 Å². The zero-order chi connectivity index (χ0) is 36.7. The van der Waals surface area contributed by atoms with Crippen LogP contribution in [-0.4, -0.2) is 48.3 Å². The maximum Gasteiger partial charge on any atom is 0.132 e. The minimum atomic E-state index is 0.399. The Morgan fingerprint density at radius 3 is 2.00 bits per heavy atom. The lowest BCUT2D eigenvalue weighted by Crippen LogP contribution is -2.37. The molecular formula is C48H46ClN5. The van der Waals surface area contributed by atoms with Gasteiger partial charge in [-0.05, 0) is 88.4 Å². The second-order valence-corrected chi connectivity index (χ2v) is 15.0. The summed E-state index contributed by atoms with van der Waals surface area (Å²) in [5.41, 5.74) is 7.60. The van der Waals surface area contributed by atoms with Gasteiger partial charge in [-0.25, -0.2) is 0 Å². The fraction of sp³-hybridized carbons (Fsp3) is 0.271. The Morgan fingerprint density at radius 2 is 1.26 bits per heavy atom. The normalized spacial score (nSPS) is 17.6. The van der Waals surface area contributed by atoms with Gasteiger partial charge >= 0.3 is 0 Å². The molecule has 6 heteroatoms. The predicted octanol–water partition coefficient (Wildman–Crippen LogP) is 10.2. The molecule has 270 valence electrons. The van der Waals surface area contributed by atoms with Gasteiger partial charge in [0, 0.05) is 28.7 Å². The summed E-state index contributed by atoms with van der Waals surface area (Å²) in [4.78, 5) is 11.8. The molecule has 2 aliphatic heterocycles. The van der Waals surface area contributed by atoms with E-state index in [4.69, 9.17) is 21.9 Å². The van der Waals surface area contributed by atoms with E-state index in [1.807, 2.05) is 12.1 Å². The maximum absolute atomic E-state index is 9.07. The van der Waals surface area contributed by atoms with Crippen molar-refractivity contribution in [1.29, 1.82) is 5.26 Å². The number of rotatable bonds is 9. The smallest absolute Gasteiger partial charge is 0.132 e. The second-order valence-electron chi connectivity index (χ2n) is 14.6. The highest BCUT2D eigenvalue weighted by atomic mass is 35.5. The molecule has 0 amide bonds. The molecule has 5 nitrogen and oxygen atoms in total. The Balaban J connectivity index is 0.000000154. The number of benzene rings is 6. The zero-order valence-electron chi connectivity index (χ0n) is 30.7. The number of fused-ring (bicyclic) bond motifs is 3. The molecule has 0 radical (unpaired) electrons. The quantitative estimate of drug-likeness (QED) is 0.151. The third-order valence-corrected chi connectivity index (χ3v) is 11.6. The van der Waals surface area contributed by atoms with Crippen LogP contribution in [0.25, 0.3) is 21.5 Å². The summed E-state index contributed by atoms with van der Waals surface area (Å²) in [6.45, 7) is 2.01. The van der Waals surface area contributed by atoms with Gasteiger partial charge in [0.1, 0.15) is 18.2 Å². The van der Waals surface area contributed by atoms with E-state index in [1.165, 1.54) is 80.6 Å². The predicted molar refractivity (Wildman–Crippen MR) is 225 cm³/mol. The minimum absolute atomic E-state index is 0.399. The average molecular weight is 728 g/mol. The second kappa shape index (κ2) is 16.7. The Hall–Kier alpha value is -5.44. The van der Waals surface area contributed by atoms with Crippen molar-refractivity contribution in [3.63, 3.8) is 0 Å².